The zero-order valence-electron chi connectivity index (χ0n) is 15.7. The van der Waals surface area contributed by atoms with Crippen LogP contribution in [-0.4, -0.2) is 59.7 Å². The first-order chi connectivity index (χ1) is 12.2. The van der Waals surface area contributed by atoms with Crippen LogP contribution in [0, 0.1) is 5.92 Å². The van der Waals surface area contributed by atoms with E-state index in [1.54, 1.807) is 0 Å². The summed E-state index contributed by atoms with van der Waals surface area (Å²) in [5, 5.41) is 0. The summed E-state index contributed by atoms with van der Waals surface area (Å²) in [5.41, 5.74) is 1.44. The molecule has 138 valence electrons. The van der Waals surface area contributed by atoms with Crippen LogP contribution in [0.1, 0.15) is 50.5 Å². The number of rotatable bonds is 5. The summed E-state index contributed by atoms with van der Waals surface area (Å²) in [6, 6.07) is 4.73. The molecule has 0 N–H and O–H groups in total. The summed E-state index contributed by atoms with van der Waals surface area (Å²) in [6.07, 6.45) is 13.3. The normalized spacial score (nSPS) is 27.5. The van der Waals surface area contributed by atoms with E-state index in [-0.39, 0.29) is 5.60 Å². The van der Waals surface area contributed by atoms with Crippen molar-refractivity contribution in [1.82, 2.24) is 14.8 Å². The van der Waals surface area contributed by atoms with Gasteiger partial charge in [-0.05, 0) is 56.7 Å². The minimum Gasteiger partial charge on any atom is -0.373 e. The second-order valence-electron chi connectivity index (χ2n) is 8.58. The molecule has 4 heteroatoms. The zero-order chi connectivity index (χ0) is 17.1. The molecule has 0 unspecified atom stereocenters. The summed E-state index contributed by atoms with van der Waals surface area (Å²) in [4.78, 5) is 9.40. The number of aromatic nitrogens is 1. The molecular formula is C21H33N3O. The van der Waals surface area contributed by atoms with Gasteiger partial charge in [0.05, 0.1) is 12.2 Å². The lowest BCUT2D eigenvalue weighted by atomic mass is 9.86. The maximum Gasteiger partial charge on any atom is 0.0723 e. The molecule has 3 fully saturated rings. The lowest BCUT2D eigenvalue weighted by Gasteiger charge is -2.39. The summed E-state index contributed by atoms with van der Waals surface area (Å²) in [7, 11) is 2.23. The van der Waals surface area contributed by atoms with Crippen molar-refractivity contribution in [2.45, 2.75) is 63.1 Å². The van der Waals surface area contributed by atoms with Gasteiger partial charge in [-0.3, -0.25) is 9.88 Å². The van der Waals surface area contributed by atoms with Gasteiger partial charge in [0.1, 0.15) is 0 Å². The van der Waals surface area contributed by atoms with Gasteiger partial charge in [0.2, 0.25) is 0 Å². The molecule has 0 bridgehead atoms. The number of piperidine rings is 1. The van der Waals surface area contributed by atoms with Crippen molar-refractivity contribution >= 4 is 0 Å². The van der Waals surface area contributed by atoms with Gasteiger partial charge < -0.3 is 9.64 Å². The molecule has 2 aliphatic heterocycles. The van der Waals surface area contributed by atoms with Crippen LogP contribution >= 0.6 is 0 Å². The van der Waals surface area contributed by atoms with Crippen LogP contribution in [-0.2, 0) is 11.3 Å². The van der Waals surface area contributed by atoms with E-state index < -0.39 is 0 Å². The smallest absolute Gasteiger partial charge is 0.0723 e. The molecule has 1 aromatic rings. The molecule has 25 heavy (non-hydrogen) atoms. The molecule has 1 spiro atoms. The molecule has 1 aliphatic carbocycles. The molecule has 3 aliphatic rings. The number of nitrogens with zero attached hydrogens (tertiary/aromatic N) is 3. The van der Waals surface area contributed by atoms with Gasteiger partial charge in [0.25, 0.3) is 0 Å². The second kappa shape index (κ2) is 7.73. The third-order valence-corrected chi connectivity index (χ3v) is 6.73. The van der Waals surface area contributed by atoms with Crippen molar-refractivity contribution in [1.29, 1.82) is 0 Å². The highest BCUT2D eigenvalue weighted by Crippen LogP contribution is 2.38. The molecule has 3 heterocycles. The van der Waals surface area contributed by atoms with Crippen LogP contribution < -0.4 is 0 Å². The highest BCUT2D eigenvalue weighted by Gasteiger charge is 2.43. The predicted molar refractivity (Wildman–Crippen MR) is 100 cm³/mol. The Morgan fingerprint density at radius 2 is 2.08 bits per heavy atom. The van der Waals surface area contributed by atoms with E-state index in [0.29, 0.717) is 6.04 Å². The van der Waals surface area contributed by atoms with Gasteiger partial charge in [-0.15, -0.1) is 0 Å². The third-order valence-electron chi connectivity index (χ3n) is 6.73. The number of pyridine rings is 1. The molecule has 1 aromatic heterocycles. The Balaban J connectivity index is 1.26. The number of likely N-dealkylation sites (tertiary alicyclic amines) is 1. The maximum absolute atomic E-state index is 6.39. The van der Waals surface area contributed by atoms with E-state index in [1.165, 1.54) is 70.1 Å². The predicted octanol–water partition coefficient (Wildman–Crippen LogP) is 3.33. The molecular weight excluding hydrogens is 310 g/mol. The van der Waals surface area contributed by atoms with E-state index in [2.05, 4.69) is 27.9 Å². The van der Waals surface area contributed by atoms with Gasteiger partial charge in [-0.1, -0.05) is 18.9 Å². The van der Waals surface area contributed by atoms with E-state index >= 15 is 0 Å². The van der Waals surface area contributed by atoms with Gasteiger partial charge >= 0.3 is 0 Å². The Morgan fingerprint density at radius 1 is 1.28 bits per heavy atom. The lowest BCUT2D eigenvalue weighted by molar-refractivity contribution is -0.0458. The van der Waals surface area contributed by atoms with Crippen molar-refractivity contribution in [2.24, 2.45) is 5.92 Å². The van der Waals surface area contributed by atoms with Gasteiger partial charge in [0.15, 0.2) is 0 Å². The molecule has 1 atom stereocenters. The Morgan fingerprint density at radius 3 is 2.80 bits per heavy atom. The number of hydrogen-bond donors (Lipinski definition) is 0. The largest absolute Gasteiger partial charge is 0.373 e. The number of ether oxygens (including phenoxy) is 1. The Kier molecular flexibility index (Phi) is 5.39. The van der Waals surface area contributed by atoms with Crippen molar-refractivity contribution in [3.05, 3.63) is 30.1 Å². The minimum atomic E-state index is 0.153. The van der Waals surface area contributed by atoms with E-state index in [0.717, 1.165) is 19.1 Å². The first-order valence-electron chi connectivity index (χ1n) is 10.2. The maximum atomic E-state index is 6.39. The minimum absolute atomic E-state index is 0.153. The molecule has 0 radical (unpaired) electrons. The molecule has 1 saturated carbocycles. The fraction of sp³-hybridized carbons (Fsp3) is 0.762. The molecule has 0 amide bonds. The molecule has 4 rings (SSSR count). The standard InChI is InChI=1S/C21H33N3O/c1-23(15-19-7-4-10-22-14-19)20-13-21(25-17-20)8-11-24(12-9-21)16-18-5-2-3-6-18/h4,7,10,14,18,20H,2-3,5-6,8-9,11-13,15-17H2,1H3/t20-/m1/s1. The van der Waals surface area contributed by atoms with E-state index in [4.69, 9.17) is 4.74 Å². The van der Waals surface area contributed by atoms with Gasteiger partial charge in [0, 0.05) is 44.6 Å². The zero-order valence-corrected chi connectivity index (χ0v) is 15.7. The topological polar surface area (TPSA) is 28.6 Å². The highest BCUT2D eigenvalue weighted by molar-refractivity contribution is 5.08. The quantitative estimate of drug-likeness (QED) is 0.820. The first kappa shape index (κ1) is 17.4. The van der Waals surface area contributed by atoms with Crippen molar-refractivity contribution in [3.8, 4) is 0 Å². The fourth-order valence-electron chi connectivity index (χ4n) is 5.06. The first-order valence-corrected chi connectivity index (χ1v) is 10.2. The van der Waals surface area contributed by atoms with Crippen molar-refractivity contribution in [2.75, 3.05) is 33.3 Å². The molecule has 2 saturated heterocycles. The Labute approximate surface area is 152 Å². The third kappa shape index (κ3) is 4.24. The Hall–Kier alpha value is -0.970. The summed E-state index contributed by atoms with van der Waals surface area (Å²) in [5.74, 6) is 0.969. The summed E-state index contributed by atoms with van der Waals surface area (Å²) in [6.45, 7) is 5.65. The monoisotopic (exact) mass is 343 g/mol. The van der Waals surface area contributed by atoms with Crippen LogP contribution in [0.3, 0.4) is 0 Å². The highest BCUT2D eigenvalue weighted by atomic mass is 16.5. The van der Waals surface area contributed by atoms with Crippen molar-refractivity contribution < 1.29 is 4.74 Å². The van der Waals surface area contributed by atoms with Crippen LogP contribution in [0.25, 0.3) is 0 Å². The van der Waals surface area contributed by atoms with Gasteiger partial charge in [-0.2, -0.15) is 0 Å². The summed E-state index contributed by atoms with van der Waals surface area (Å²) < 4.78 is 6.39. The van der Waals surface area contributed by atoms with Crippen LogP contribution in [0.2, 0.25) is 0 Å². The van der Waals surface area contributed by atoms with Crippen molar-refractivity contribution in [3.63, 3.8) is 0 Å². The van der Waals surface area contributed by atoms with Crippen LogP contribution in [0.4, 0.5) is 0 Å². The van der Waals surface area contributed by atoms with E-state index in [1.807, 2.05) is 18.5 Å². The summed E-state index contributed by atoms with van der Waals surface area (Å²) >= 11 is 0. The van der Waals surface area contributed by atoms with Crippen LogP contribution in [0.15, 0.2) is 24.5 Å². The number of likely N-dealkylation sites (N-methyl/N-ethyl adjacent to an activating group) is 1. The molecule has 4 nitrogen and oxygen atoms in total. The fourth-order valence-corrected chi connectivity index (χ4v) is 5.06. The SMILES string of the molecule is CN(Cc1cccnc1)[C@H]1COC2(CCN(CC3CCCC3)CC2)C1. The molecule has 0 aromatic carbocycles. The van der Waals surface area contributed by atoms with Crippen LogP contribution in [0.5, 0.6) is 0 Å². The van der Waals surface area contributed by atoms with E-state index in [9.17, 15) is 0 Å². The van der Waals surface area contributed by atoms with Gasteiger partial charge in [-0.25, -0.2) is 0 Å². The second-order valence-corrected chi connectivity index (χ2v) is 8.58. The number of hydrogen-bond acceptors (Lipinski definition) is 4. The average molecular weight is 344 g/mol. The Bertz CT molecular complexity index is 535. The lowest BCUT2D eigenvalue weighted by Crippen LogP contribution is -2.46. The average Bonchev–Trinajstić information content (AvgIpc) is 3.29.